The zero-order valence-corrected chi connectivity index (χ0v) is 29.1. The molecule has 0 saturated heterocycles. The maximum atomic E-state index is 10.6. The maximum Gasteiger partial charge on any atom is 0.183 e. The molecule has 7 rings (SSSR count). The van der Waals surface area contributed by atoms with Gasteiger partial charge in [0.05, 0.1) is 0 Å². The Balaban J connectivity index is 0.000000466. The van der Waals surface area contributed by atoms with Crippen molar-refractivity contribution in [1.82, 2.24) is 0 Å². The maximum absolute atomic E-state index is 10.6. The number of hydrogen-bond acceptors (Lipinski definition) is 1. The van der Waals surface area contributed by atoms with Crippen molar-refractivity contribution in [2.24, 2.45) is 0 Å². The fourth-order valence-corrected chi connectivity index (χ4v) is 12.6. The van der Waals surface area contributed by atoms with Crippen LogP contribution in [0.25, 0.3) is 21.5 Å². The molecule has 1 aliphatic heterocycles. The minimum Gasteiger partial charge on any atom is -0.289 e. The van der Waals surface area contributed by atoms with E-state index in [1.165, 1.54) is 54.2 Å². The molecule has 0 amide bonds. The van der Waals surface area contributed by atoms with Crippen molar-refractivity contribution in [3.05, 3.63) is 229 Å². The van der Waals surface area contributed by atoms with Gasteiger partial charge in [-0.2, -0.15) is 0 Å². The topological polar surface area (TPSA) is 17.1 Å². The first-order chi connectivity index (χ1) is 23.9. The first-order valence-corrected chi connectivity index (χ1v) is 18.6. The van der Waals surface area contributed by atoms with Crippen molar-refractivity contribution >= 4 is 45.8 Å². The SMILES string of the molecule is C=C(C)C(=O)C(=C)C.c1ccc(C2=C(c3ccccc3)[Si](c3ccccc3)(c3ccccc3)C(c3ccccc3)=C2c2ccccc2)cc1. The summed E-state index contributed by atoms with van der Waals surface area (Å²) in [6.07, 6.45) is 0. The van der Waals surface area contributed by atoms with E-state index >= 15 is 0 Å². The molecule has 49 heavy (non-hydrogen) atoms. The van der Waals surface area contributed by atoms with Crippen LogP contribution in [0.3, 0.4) is 0 Å². The Bertz CT molecular complexity index is 1970. The first kappa shape index (κ1) is 33.1. The second-order valence-electron chi connectivity index (χ2n) is 12.3. The normalized spacial score (nSPS) is 13.3. The summed E-state index contributed by atoms with van der Waals surface area (Å²) in [4.78, 5) is 10.6. The number of rotatable bonds is 8. The van der Waals surface area contributed by atoms with Crippen LogP contribution >= 0.6 is 0 Å². The molecule has 6 aromatic rings. The van der Waals surface area contributed by atoms with Crippen molar-refractivity contribution in [2.75, 3.05) is 0 Å². The molecule has 0 bridgehead atoms. The van der Waals surface area contributed by atoms with Crippen molar-refractivity contribution in [2.45, 2.75) is 13.8 Å². The number of benzene rings is 6. The van der Waals surface area contributed by atoms with Gasteiger partial charge in [0.1, 0.15) is 0 Å². The summed E-state index contributed by atoms with van der Waals surface area (Å²) >= 11 is 0. The summed E-state index contributed by atoms with van der Waals surface area (Å²) in [5.74, 6) is -0.0370. The van der Waals surface area contributed by atoms with Crippen molar-refractivity contribution in [1.29, 1.82) is 0 Å². The number of carbonyl (C=O) groups is 1. The van der Waals surface area contributed by atoms with E-state index in [1.807, 2.05) is 0 Å². The molecular formula is C47H40OSi. The van der Waals surface area contributed by atoms with Crippen molar-refractivity contribution in [3.8, 4) is 0 Å². The quantitative estimate of drug-likeness (QED) is 0.119. The molecule has 1 aliphatic rings. The summed E-state index contributed by atoms with van der Waals surface area (Å²) in [6.45, 7) is 10.3. The van der Waals surface area contributed by atoms with Crippen LogP contribution in [0, 0.1) is 0 Å². The van der Waals surface area contributed by atoms with Crippen molar-refractivity contribution < 1.29 is 4.79 Å². The van der Waals surface area contributed by atoms with E-state index in [0.29, 0.717) is 11.1 Å². The second-order valence-corrected chi connectivity index (χ2v) is 16.0. The summed E-state index contributed by atoms with van der Waals surface area (Å²) in [5, 5.41) is 5.67. The Morgan fingerprint density at radius 3 is 0.878 bits per heavy atom. The highest BCUT2D eigenvalue weighted by Gasteiger charge is 2.53. The van der Waals surface area contributed by atoms with Crippen LogP contribution in [-0.4, -0.2) is 13.9 Å². The zero-order chi connectivity index (χ0) is 34.2. The predicted molar refractivity (Wildman–Crippen MR) is 212 cm³/mol. The number of Topliss-reactive ketones (excluding diaryl/α,β-unsaturated/α-hetero) is 1. The molecule has 1 nitrogen and oxygen atoms in total. The van der Waals surface area contributed by atoms with Gasteiger partial charge >= 0.3 is 0 Å². The van der Waals surface area contributed by atoms with Crippen LogP contribution in [0.1, 0.15) is 36.1 Å². The molecule has 0 fully saturated rings. The number of carbonyl (C=O) groups excluding carboxylic acids is 1. The van der Waals surface area contributed by atoms with Crippen LogP contribution in [0.2, 0.25) is 0 Å². The minimum absolute atomic E-state index is 0.0370. The smallest absolute Gasteiger partial charge is 0.183 e. The van der Waals surface area contributed by atoms with Crippen LogP contribution < -0.4 is 10.4 Å². The summed E-state index contributed by atoms with van der Waals surface area (Å²) < 4.78 is 0. The van der Waals surface area contributed by atoms with E-state index in [4.69, 9.17) is 0 Å². The van der Waals surface area contributed by atoms with Gasteiger partial charge in [-0.25, -0.2) is 0 Å². The van der Waals surface area contributed by atoms with Crippen LogP contribution in [-0.2, 0) is 4.79 Å². The molecular weight excluding hydrogens is 609 g/mol. The minimum atomic E-state index is -2.86. The third-order valence-electron chi connectivity index (χ3n) is 8.94. The summed E-state index contributed by atoms with van der Waals surface area (Å²) in [5.41, 5.74) is 8.84. The van der Waals surface area contributed by atoms with Crippen LogP contribution in [0.5, 0.6) is 0 Å². The van der Waals surface area contributed by atoms with Gasteiger partial charge in [0.2, 0.25) is 0 Å². The number of hydrogen-bond donors (Lipinski definition) is 0. The zero-order valence-electron chi connectivity index (χ0n) is 28.1. The molecule has 0 spiro atoms. The van der Waals surface area contributed by atoms with E-state index in [9.17, 15) is 4.79 Å². The largest absolute Gasteiger partial charge is 0.289 e. The highest BCUT2D eigenvalue weighted by atomic mass is 28.3. The average molecular weight is 649 g/mol. The van der Waals surface area contributed by atoms with E-state index < -0.39 is 8.07 Å². The van der Waals surface area contributed by atoms with E-state index in [1.54, 1.807) is 13.8 Å². The summed E-state index contributed by atoms with van der Waals surface area (Å²) in [6, 6.07) is 66.8. The lowest BCUT2D eigenvalue weighted by Crippen LogP contribution is -2.59. The molecule has 0 N–H and O–H groups in total. The standard InChI is InChI=1S/C40H30Si.C7H10O/c1-7-19-31(20-8-1)37-38(32-21-9-2-10-22-32)40(34-25-13-4-14-26-34)41(35-27-15-5-16-28-35,36-29-17-6-18-30-36)39(37)33-23-11-3-12-24-33;1-5(2)7(8)6(3)4/h1-30H;1,3H2,2,4H3. The Kier molecular flexibility index (Phi) is 10.1. The molecule has 0 radical (unpaired) electrons. The van der Waals surface area contributed by atoms with Crippen LogP contribution in [0.4, 0.5) is 0 Å². The molecule has 6 aromatic carbocycles. The lowest BCUT2D eigenvalue weighted by molar-refractivity contribution is -0.112. The van der Waals surface area contributed by atoms with Gasteiger partial charge in [-0.15, -0.1) is 0 Å². The van der Waals surface area contributed by atoms with Gasteiger partial charge in [0, 0.05) is 0 Å². The van der Waals surface area contributed by atoms with Gasteiger partial charge < -0.3 is 0 Å². The monoisotopic (exact) mass is 648 g/mol. The average Bonchev–Trinajstić information content (AvgIpc) is 3.50. The van der Waals surface area contributed by atoms with E-state index in [-0.39, 0.29) is 5.78 Å². The molecule has 238 valence electrons. The first-order valence-electron chi connectivity index (χ1n) is 16.6. The van der Waals surface area contributed by atoms with Crippen molar-refractivity contribution in [3.63, 3.8) is 0 Å². The van der Waals surface area contributed by atoms with Gasteiger partial charge in [0.25, 0.3) is 0 Å². The summed E-state index contributed by atoms with van der Waals surface area (Å²) in [7, 11) is -2.86. The lowest BCUT2D eigenvalue weighted by Gasteiger charge is -2.36. The Morgan fingerprint density at radius 2 is 0.633 bits per heavy atom. The highest BCUT2D eigenvalue weighted by Crippen LogP contribution is 2.55. The van der Waals surface area contributed by atoms with Gasteiger partial charge in [0.15, 0.2) is 13.9 Å². The van der Waals surface area contributed by atoms with Gasteiger partial charge in [-0.05, 0) is 79.2 Å². The molecule has 0 aliphatic carbocycles. The van der Waals surface area contributed by atoms with E-state index in [2.05, 4.69) is 195 Å². The van der Waals surface area contributed by atoms with E-state index in [0.717, 1.165) is 0 Å². The second kappa shape index (κ2) is 14.9. The number of allylic oxidation sites excluding steroid dienone is 4. The fourth-order valence-electron chi connectivity index (χ4n) is 6.95. The molecule has 0 aromatic heterocycles. The third kappa shape index (κ3) is 6.52. The molecule has 1 heterocycles. The molecule has 0 unspecified atom stereocenters. The molecule has 2 heteroatoms. The van der Waals surface area contributed by atoms with Gasteiger partial charge in [-0.1, -0.05) is 195 Å². The Labute approximate surface area is 292 Å². The fraction of sp³-hybridized carbons (Fsp3) is 0.0426. The Hall–Kier alpha value is -5.83. The Morgan fingerprint density at radius 1 is 0.388 bits per heavy atom. The predicted octanol–water partition coefficient (Wildman–Crippen LogP) is 10.3. The van der Waals surface area contributed by atoms with Crippen LogP contribution in [0.15, 0.2) is 206 Å². The highest BCUT2D eigenvalue weighted by molar-refractivity contribution is 7.29. The third-order valence-corrected chi connectivity index (χ3v) is 13.9. The molecule has 0 atom stereocenters. The molecule has 0 saturated carbocycles. The van der Waals surface area contributed by atoms with Gasteiger partial charge in [-0.3, -0.25) is 4.79 Å². The number of ketones is 1. The lowest BCUT2D eigenvalue weighted by atomic mass is 9.89.